The smallest absolute Gasteiger partial charge is 0.294 e. The molecule has 0 rings (SSSR count). The van der Waals surface area contributed by atoms with Gasteiger partial charge in [0.1, 0.15) is 0 Å². The van der Waals surface area contributed by atoms with Gasteiger partial charge < -0.3 is 4.74 Å². The van der Waals surface area contributed by atoms with Crippen LogP contribution in [0.25, 0.3) is 0 Å². The molecule has 0 aromatic heterocycles. The molecule has 0 aliphatic carbocycles. The predicted octanol–water partition coefficient (Wildman–Crippen LogP) is -0.600. The van der Waals surface area contributed by atoms with Gasteiger partial charge in [0.25, 0.3) is 6.47 Å². The summed E-state index contributed by atoms with van der Waals surface area (Å²) in [6.45, 7) is -0.0312. The zero-order chi connectivity index (χ0) is 4.12. The van der Waals surface area contributed by atoms with E-state index >= 15 is 0 Å². The summed E-state index contributed by atoms with van der Waals surface area (Å²) in [5.74, 6) is 0. The Morgan fingerprint density at radius 3 is 2.60 bits per heavy atom. The fourth-order valence-electron chi connectivity index (χ4n) is 0.0340. The predicted molar refractivity (Wildman–Crippen MR) is 15.1 cm³/mol. The van der Waals surface area contributed by atoms with Gasteiger partial charge in [-0.2, -0.15) is 0 Å². The lowest BCUT2D eigenvalue weighted by Crippen LogP contribution is -1.88. The molecule has 0 unspecified atom stereocenters. The van der Waals surface area contributed by atoms with Crippen molar-refractivity contribution >= 4 is 6.47 Å². The fourth-order valence-corrected chi connectivity index (χ4v) is 0.0340. The van der Waals surface area contributed by atoms with Crippen molar-refractivity contribution in [2.45, 2.75) is 0 Å². The summed E-state index contributed by atoms with van der Waals surface area (Å²) < 4.78 is 3.82. The molecule has 5 heavy (non-hydrogen) atoms. The molecule has 0 aromatic rings. The standard InChI is InChI=1S/C2H4NO2/c3-1-5-2-4/h2-3H,1H2. The molecule has 0 heterocycles. The average Bonchev–Trinajstić information content (AvgIpc) is 1.41. The second-order valence-electron chi connectivity index (χ2n) is 0.407. The summed E-state index contributed by atoms with van der Waals surface area (Å²) in [4.78, 5) is 9.06. The first-order chi connectivity index (χ1) is 2.41. The highest BCUT2D eigenvalue weighted by Crippen LogP contribution is 1.48. The highest BCUT2D eigenvalue weighted by molar-refractivity contribution is 5.36. The summed E-state index contributed by atoms with van der Waals surface area (Å²) in [7, 11) is 0. The number of rotatable bonds is 2. The van der Waals surface area contributed by atoms with Crippen molar-refractivity contribution in [2.75, 3.05) is 6.73 Å². The van der Waals surface area contributed by atoms with E-state index in [1.165, 1.54) is 0 Å². The van der Waals surface area contributed by atoms with Crippen LogP contribution in [0, 0.1) is 0 Å². The molecule has 29 valence electrons. The minimum Gasteiger partial charge on any atom is -0.451 e. The van der Waals surface area contributed by atoms with E-state index in [0.717, 1.165) is 0 Å². The molecule has 0 saturated heterocycles. The van der Waals surface area contributed by atoms with E-state index in [2.05, 4.69) is 4.74 Å². The molecule has 0 atom stereocenters. The van der Waals surface area contributed by atoms with Crippen molar-refractivity contribution in [3.63, 3.8) is 0 Å². The van der Waals surface area contributed by atoms with Crippen LogP contribution in [0.3, 0.4) is 0 Å². The first-order valence-electron chi connectivity index (χ1n) is 1.11. The number of carbonyl (C=O) groups excluding carboxylic acids is 1. The van der Waals surface area contributed by atoms with Crippen molar-refractivity contribution in [1.82, 2.24) is 5.73 Å². The Kier molecular flexibility index (Phi) is 3.04. The lowest BCUT2D eigenvalue weighted by atomic mass is 11.3. The monoisotopic (exact) mass is 74.0 g/mol. The Labute approximate surface area is 29.7 Å². The van der Waals surface area contributed by atoms with Crippen LogP contribution in [0.4, 0.5) is 0 Å². The molecule has 0 bridgehead atoms. The van der Waals surface area contributed by atoms with Gasteiger partial charge in [-0.05, 0) is 0 Å². The molecule has 0 spiro atoms. The van der Waals surface area contributed by atoms with E-state index in [1.54, 1.807) is 0 Å². The first kappa shape index (κ1) is 4.43. The molecule has 1 radical (unpaired) electrons. The van der Waals surface area contributed by atoms with Gasteiger partial charge in [0.2, 0.25) is 0 Å². The molecule has 0 aromatic carbocycles. The van der Waals surface area contributed by atoms with E-state index in [1.807, 2.05) is 0 Å². The van der Waals surface area contributed by atoms with Crippen LogP contribution in [-0.4, -0.2) is 13.2 Å². The van der Waals surface area contributed by atoms with E-state index in [9.17, 15) is 0 Å². The summed E-state index contributed by atoms with van der Waals surface area (Å²) >= 11 is 0. The van der Waals surface area contributed by atoms with Crippen LogP contribution >= 0.6 is 0 Å². The maximum Gasteiger partial charge on any atom is 0.294 e. The van der Waals surface area contributed by atoms with Gasteiger partial charge in [-0.15, -0.1) is 0 Å². The SMILES string of the molecule is [NH]COC=O. The van der Waals surface area contributed by atoms with Crippen molar-refractivity contribution in [2.24, 2.45) is 0 Å². The van der Waals surface area contributed by atoms with Gasteiger partial charge in [0.15, 0.2) is 6.73 Å². The van der Waals surface area contributed by atoms with Gasteiger partial charge in [-0.25, -0.2) is 5.73 Å². The zero-order valence-electron chi connectivity index (χ0n) is 2.60. The maximum atomic E-state index is 9.06. The van der Waals surface area contributed by atoms with E-state index in [-0.39, 0.29) is 13.2 Å². The lowest BCUT2D eigenvalue weighted by molar-refractivity contribution is -0.128. The van der Waals surface area contributed by atoms with Gasteiger partial charge >= 0.3 is 0 Å². The Morgan fingerprint density at radius 2 is 2.60 bits per heavy atom. The summed E-state index contributed by atoms with van der Waals surface area (Å²) in [6, 6.07) is 0. The second-order valence-corrected chi connectivity index (χ2v) is 0.407. The number of hydrogen-bond acceptors (Lipinski definition) is 2. The van der Waals surface area contributed by atoms with Crippen LogP contribution in [0.15, 0.2) is 0 Å². The fraction of sp³-hybridized carbons (Fsp3) is 0.500. The Morgan fingerprint density at radius 1 is 2.00 bits per heavy atom. The molecule has 3 heteroatoms. The second kappa shape index (κ2) is 3.43. The summed E-state index contributed by atoms with van der Waals surface area (Å²) in [5.41, 5.74) is 6.15. The Bertz CT molecular complexity index is 28.8. The largest absolute Gasteiger partial charge is 0.451 e. The van der Waals surface area contributed by atoms with Gasteiger partial charge in [-0.1, -0.05) is 0 Å². The minimum absolute atomic E-state index is 0.243. The third kappa shape index (κ3) is 3.43. The highest BCUT2D eigenvalue weighted by Gasteiger charge is 1.61. The molecule has 0 fully saturated rings. The van der Waals surface area contributed by atoms with Crippen molar-refractivity contribution in [1.29, 1.82) is 0 Å². The third-order valence-electron chi connectivity index (χ3n) is 0.151. The van der Waals surface area contributed by atoms with E-state index in [4.69, 9.17) is 10.5 Å². The lowest BCUT2D eigenvalue weighted by Gasteiger charge is -1.79. The van der Waals surface area contributed by atoms with Crippen LogP contribution < -0.4 is 5.73 Å². The molecular formula is C2H4NO2. The first-order valence-corrected chi connectivity index (χ1v) is 1.11. The summed E-state index contributed by atoms with van der Waals surface area (Å²) in [6.07, 6.45) is 0. The van der Waals surface area contributed by atoms with Crippen LogP contribution in [0.2, 0.25) is 0 Å². The maximum absolute atomic E-state index is 9.06. The molecule has 0 aliphatic heterocycles. The van der Waals surface area contributed by atoms with Crippen LogP contribution in [0.1, 0.15) is 0 Å². The normalized spacial score (nSPS) is 6.60. The van der Waals surface area contributed by atoms with Crippen molar-refractivity contribution in [3.8, 4) is 0 Å². The van der Waals surface area contributed by atoms with Crippen LogP contribution in [-0.2, 0) is 9.53 Å². The van der Waals surface area contributed by atoms with Gasteiger partial charge in [0, 0.05) is 0 Å². The van der Waals surface area contributed by atoms with Crippen molar-refractivity contribution in [3.05, 3.63) is 0 Å². The average molecular weight is 74.1 g/mol. The van der Waals surface area contributed by atoms with Crippen molar-refractivity contribution < 1.29 is 9.53 Å². The van der Waals surface area contributed by atoms with Gasteiger partial charge in [0.05, 0.1) is 0 Å². The quantitative estimate of drug-likeness (QED) is 0.410. The molecule has 0 aliphatic rings. The Balaban J connectivity index is 2.40. The summed E-state index contributed by atoms with van der Waals surface area (Å²) in [5, 5.41) is 0. The molecular weight excluding hydrogens is 70.0 g/mol. The van der Waals surface area contributed by atoms with E-state index in [0.29, 0.717) is 0 Å². The molecule has 1 N–H and O–H groups in total. The third-order valence-corrected chi connectivity index (χ3v) is 0.151. The number of carbonyl (C=O) groups is 1. The Hall–Kier alpha value is -0.570. The topological polar surface area (TPSA) is 50.1 Å². The number of ether oxygens (including phenoxy) is 1. The molecule has 0 amide bonds. The molecule has 3 nitrogen and oxygen atoms in total. The zero-order valence-corrected chi connectivity index (χ0v) is 2.60. The molecule has 0 saturated carbocycles. The number of hydrogen-bond donors (Lipinski definition) is 0. The van der Waals surface area contributed by atoms with E-state index < -0.39 is 0 Å². The minimum atomic E-state index is -0.274. The van der Waals surface area contributed by atoms with Crippen LogP contribution in [0.5, 0.6) is 0 Å². The van der Waals surface area contributed by atoms with Gasteiger partial charge in [-0.3, -0.25) is 4.79 Å². The highest BCUT2D eigenvalue weighted by atomic mass is 16.5. The number of nitrogens with one attached hydrogen (secondary N) is 1.